The summed E-state index contributed by atoms with van der Waals surface area (Å²) in [5.74, 6) is -0.364. The summed E-state index contributed by atoms with van der Waals surface area (Å²) in [7, 11) is 0. The van der Waals surface area contributed by atoms with E-state index in [0.717, 1.165) is 5.56 Å². The number of amides is 1. The quantitative estimate of drug-likeness (QED) is 0.632. The number of aromatic amines is 1. The number of aryl methyl sites for hydroxylation is 1. The van der Waals surface area contributed by atoms with Gasteiger partial charge in [0.05, 0.1) is 11.8 Å². The topological polar surface area (TPSA) is 99.2 Å². The zero-order chi connectivity index (χ0) is 16.4. The van der Waals surface area contributed by atoms with Gasteiger partial charge in [-0.1, -0.05) is 17.7 Å². The van der Waals surface area contributed by atoms with Crippen LogP contribution in [0.1, 0.15) is 16.1 Å². The third-order valence-corrected chi connectivity index (χ3v) is 4.09. The van der Waals surface area contributed by atoms with E-state index in [2.05, 4.69) is 15.7 Å². The summed E-state index contributed by atoms with van der Waals surface area (Å²) in [5, 5.41) is 18.3. The lowest BCUT2D eigenvalue weighted by atomic mass is 10.1. The second-order valence-corrected chi connectivity index (χ2v) is 5.87. The zero-order valence-corrected chi connectivity index (χ0v) is 14.1. The van der Waals surface area contributed by atoms with Gasteiger partial charge >= 0.3 is 0 Å². The number of hydrogen-bond acceptors (Lipinski definition) is 4. The van der Waals surface area contributed by atoms with Crippen molar-refractivity contribution < 1.29 is 9.90 Å². The van der Waals surface area contributed by atoms with Crippen LogP contribution in [0.15, 0.2) is 35.1 Å². The molecule has 3 rings (SSSR count). The number of aromatic nitrogens is 2. The van der Waals surface area contributed by atoms with Gasteiger partial charge in [-0.2, -0.15) is 0 Å². The molecule has 2 unspecified atom stereocenters. The Labute approximate surface area is 145 Å². The standard InChI is InChI=1S/C16H20N4O3.ClH/c1-10-2-4-12(5-3-10)20-15(22)6-13(19-20)16(23)18-8-11-7-17-9-14(11)21;/h2-6,11,14,17,19,21H,7-9H2,1H3,(H,18,23);1H. The second-order valence-electron chi connectivity index (χ2n) is 5.87. The van der Waals surface area contributed by atoms with Gasteiger partial charge in [-0.05, 0) is 19.1 Å². The smallest absolute Gasteiger partial charge is 0.271 e. The molecule has 2 heterocycles. The van der Waals surface area contributed by atoms with E-state index in [1.807, 2.05) is 31.2 Å². The van der Waals surface area contributed by atoms with Crippen LogP contribution in [0.3, 0.4) is 0 Å². The van der Waals surface area contributed by atoms with Gasteiger partial charge in [0.1, 0.15) is 5.69 Å². The van der Waals surface area contributed by atoms with Crippen molar-refractivity contribution in [3.05, 3.63) is 51.9 Å². The first-order chi connectivity index (χ1) is 11.0. The summed E-state index contributed by atoms with van der Waals surface area (Å²) in [6.45, 7) is 3.54. The molecule has 24 heavy (non-hydrogen) atoms. The van der Waals surface area contributed by atoms with Gasteiger partial charge in [-0.15, -0.1) is 12.4 Å². The molecule has 130 valence electrons. The first-order valence-electron chi connectivity index (χ1n) is 7.60. The fourth-order valence-corrected chi connectivity index (χ4v) is 2.64. The second kappa shape index (κ2) is 7.65. The van der Waals surface area contributed by atoms with E-state index in [0.29, 0.717) is 25.3 Å². The lowest BCUT2D eigenvalue weighted by Gasteiger charge is -2.13. The lowest BCUT2D eigenvalue weighted by Crippen LogP contribution is -2.34. The highest BCUT2D eigenvalue weighted by Crippen LogP contribution is 2.08. The van der Waals surface area contributed by atoms with Crippen molar-refractivity contribution in [2.24, 2.45) is 5.92 Å². The van der Waals surface area contributed by atoms with E-state index in [-0.39, 0.29) is 35.5 Å². The van der Waals surface area contributed by atoms with E-state index in [1.165, 1.54) is 10.7 Å². The summed E-state index contributed by atoms with van der Waals surface area (Å²) in [6, 6.07) is 8.71. The van der Waals surface area contributed by atoms with E-state index in [9.17, 15) is 14.7 Å². The monoisotopic (exact) mass is 352 g/mol. The number of hydrogen-bond donors (Lipinski definition) is 4. The lowest BCUT2D eigenvalue weighted by molar-refractivity contribution is 0.0921. The fourth-order valence-electron chi connectivity index (χ4n) is 2.64. The molecule has 0 saturated carbocycles. The Balaban J connectivity index is 0.00000208. The van der Waals surface area contributed by atoms with Crippen LogP contribution in [0.2, 0.25) is 0 Å². The van der Waals surface area contributed by atoms with Gasteiger partial charge < -0.3 is 15.7 Å². The number of halogens is 1. The van der Waals surface area contributed by atoms with E-state index in [4.69, 9.17) is 0 Å². The highest BCUT2D eigenvalue weighted by molar-refractivity contribution is 5.92. The van der Waals surface area contributed by atoms with Gasteiger partial charge in [0.15, 0.2) is 0 Å². The summed E-state index contributed by atoms with van der Waals surface area (Å²) >= 11 is 0. The van der Waals surface area contributed by atoms with Crippen molar-refractivity contribution in [1.29, 1.82) is 0 Å². The average Bonchev–Trinajstić information content (AvgIpc) is 3.12. The number of nitrogens with one attached hydrogen (secondary N) is 3. The van der Waals surface area contributed by atoms with Crippen LogP contribution in [-0.4, -0.2) is 46.5 Å². The Kier molecular flexibility index (Phi) is 5.82. The van der Waals surface area contributed by atoms with Crippen molar-refractivity contribution in [3.63, 3.8) is 0 Å². The molecule has 0 radical (unpaired) electrons. The maximum absolute atomic E-state index is 12.2. The molecule has 1 aliphatic rings. The summed E-state index contributed by atoms with van der Waals surface area (Å²) in [6.07, 6.45) is -0.452. The van der Waals surface area contributed by atoms with Crippen molar-refractivity contribution in [2.75, 3.05) is 19.6 Å². The molecule has 2 aromatic rings. The van der Waals surface area contributed by atoms with Crippen LogP contribution < -0.4 is 16.2 Å². The molecule has 0 spiro atoms. The third kappa shape index (κ3) is 3.87. The number of nitrogens with zero attached hydrogens (tertiary/aromatic N) is 1. The Bertz CT molecular complexity index is 753. The van der Waals surface area contributed by atoms with Crippen molar-refractivity contribution in [2.45, 2.75) is 13.0 Å². The minimum absolute atomic E-state index is 0. The normalized spacial score (nSPS) is 19.8. The highest BCUT2D eigenvalue weighted by atomic mass is 35.5. The van der Waals surface area contributed by atoms with Crippen molar-refractivity contribution in [3.8, 4) is 5.69 Å². The third-order valence-electron chi connectivity index (χ3n) is 4.09. The highest BCUT2D eigenvalue weighted by Gasteiger charge is 2.25. The van der Waals surface area contributed by atoms with Gasteiger partial charge in [-0.25, -0.2) is 4.68 Å². The number of rotatable bonds is 4. The largest absolute Gasteiger partial charge is 0.391 e. The molecular formula is C16H21ClN4O3. The molecule has 1 aromatic carbocycles. The first kappa shape index (κ1) is 18.3. The molecule has 1 aliphatic heterocycles. The van der Waals surface area contributed by atoms with Crippen molar-refractivity contribution >= 4 is 18.3 Å². The molecule has 7 nitrogen and oxygen atoms in total. The molecule has 1 fully saturated rings. The Morgan fingerprint density at radius 3 is 2.67 bits per heavy atom. The van der Waals surface area contributed by atoms with E-state index in [1.54, 1.807) is 0 Å². The number of benzene rings is 1. The predicted octanol–water partition coefficient (Wildman–Crippen LogP) is 0.206. The summed E-state index contributed by atoms with van der Waals surface area (Å²) < 4.78 is 1.33. The molecule has 4 N–H and O–H groups in total. The van der Waals surface area contributed by atoms with Gasteiger partial charge in [0, 0.05) is 31.6 Å². The number of aliphatic hydroxyl groups is 1. The van der Waals surface area contributed by atoms with Crippen LogP contribution in [0, 0.1) is 12.8 Å². The fraction of sp³-hybridized carbons (Fsp3) is 0.375. The minimum Gasteiger partial charge on any atom is -0.391 e. The number of carbonyl (C=O) groups excluding carboxylic acids is 1. The van der Waals surface area contributed by atoms with Gasteiger partial charge in [-0.3, -0.25) is 14.7 Å². The number of β-amino-alcohol motifs (C(OH)–C–C–N with tert-alkyl or cyclic N) is 1. The number of carbonyl (C=O) groups is 1. The molecule has 0 bridgehead atoms. The molecular weight excluding hydrogens is 332 g/mol. The Morgan fingerprint density at radius 1 is 1.33 bits per heavy atom. The number of aliphatic hydroxyl groups excluding tert-OH is 1. The van der Waals surface area contributed by atoms with E-state index >= 15 is 0 Å². The van der Waals surface area contributed by atoms with E-state index < -0.39 is 6.10 Å². The van der Waals surface area contributed by atoms with Gasteiger partial charge in [0.2, 0.25) is 0 Å². The van der Waals surface area contributed by atoms with Crippen molar-refractivity contribution in [1.82, 2.24) is 20.4 Å². The maximum atomic E-state index is 12.2. The molecule has 8 heteroatoms. The molecule has 2 atom stereocenters. The Morgan fingerprint density at radius 2 is 2.04 bits per heavy atom. The number of H-pyrrole nitrogens is 1. The average molecular weight is 353 g/mol. The zero-order valence-electron chi connectivity index (χ0n) is 13.3. The first-order valence-corrected chi connectivity index (χ1v) is 7.60. The maximum Gasteiger partial charge on any atom is 0.271 e. The Hall–Kier alpha value is -2.09. The van der Waals surface area contributed by atoms with Crippen LogP contribution in [0.25, 0.3) is 5.69 Å². The molecule has 1 amide bonds. The van der Waals surface area contributed by atoms with Gasteiger partial charge in [0.25, 0.3) is 11.5 Å². The SMILES string of the molecule is Cc1ccc(-n2[nH]c(C(=O)NCC3CNCC3O)cc2=O)cc1.Cl. The van der Waals surface area contributed by atoms with Crippen LogP contribution in [0.4, 0.5) is 0 Å². The molecule has 1 saturated heterocycles. The summed E-state index contributed by atoms with van der Waals surface area (Å²) in [4.78, 5) is 24.2. The molecule has 0 aliphatic carbocycles. The van der Waals surface area contributed by atoms with Crippen LogP contribution in [-0.2, 0) is 0 Å². The predicted molar refractivity (Wildman–Crippen MR) is 93.1 cm³/mol. The summed E-state index contributed by atoms with van der Waals surface area (Å²) in [5.41, 5.74) is 1.68. The minimum atomic E-state index is -0.452. The van der Waals surface area contributed by atoms with Crippen LogP contribution in [0.5, 0.6) is 0 Å². The van der Waals surface area contributed by atoms with Crippen LogP contribution >= 0.6 is 12.4 Å². The molecule has 1 aromatic heterocycles.